The Hall–Kier alpha value is -0.180. The monoisotopic (exact) mass is 264 g/mol. The van der Waals surface area contributed by atoms with Gasteiger partial charge in [0.1, 0.15) is 11.4 Å². The van der Waals surface area contributed by atoms with Crippen molar-refractivity contribution in [1.82, 2.24) is 0 Å². The van der Waals surface area contributed by atoms with Gasteiger partial charge < -0.3 is 9.05 Å². The third-order valence-electron chi connectivity index (χ3n) is 2.26. The smallest absolute Gasteiger partial charge is 0.308 e. The van der Waals surface area contributed by atoms with Gasteiger partial charge in [0.15, 0.2) is 0 Å². The summed E-state index contributed by atoms with van der Waals surface area (Å²) in [5.41, 5.74) is -0.809. The molecule has 0 saturated heterocycles. The SMILES string of the molecule is CCOP(=O)(OCC)C(C)C(=O)CC(C)(C)C. The fourth-order valence-electron chi connectivity index (χ4n) is 1.47. The zero-order valence-electron chi connectivity index (χ0n) is 11.8. The molecule has 0 aromatic rings. The molecule has 0 N–H and O–H groups in total. The van der Waals surface area contributed by atoms with Crippen LogP contribution in [0.1, 0.15) is 48.0 Å². The average Bonchev–Trinajstić information content (AvgIpc) is 2.14. The summed E-state index contributed by atoms with van der Waals surface area (Å²) in [6.07, 6.45) is 0.373. The molecule has 1 atom stereocenters. The molecule has 4 nitrogen and oxygen atoms in total. The molecule has 0 spiro atoms. The van der Waals surface area contributed by atoms with E-state index in [9.17, 15) is 9.36 Å². The number of rotatable bonds is 7. The molecule has 0 aromatic heterocycles. The first-order valence-electron chi connectivity index (χ1n) is 6.07. The maximum atomic E-state index is 12.4. The number of ketones is 1. The van der Waals surface area contributed by atoms with Crippen molar-refractivity contribution in [3.8, 4) is 0 Å². The van der Waals surface area contributed by atoms with Crippen LogP contribution in [0.25, 0.3) is 0 Å². The van der Waals surface area contributed by atoms with E-state index >= 15 is 0 Å². The predicted molar refractivity (Wildman–Crippen MR) is 69.4 cm³/mol. The second kappa shape index (κ2) is 6.67. The van der Waals surface area contributed by atoms with Crippen LogP contribution >= 0.6 is 7.60 Å². The maximum absolute atomic E-state index is 12.4. The second-order valence-corrected chi connectivity index (χ2v) is 7.63. The zero-order chi connectivity index (χ0) is 13.7. The third-order valence-corrected chi connectivity index (χ3v) is 4.74. The highest BCUT2D eigenvalue weighted by molar-refractivity contribution is 7.55. The number of Topliss-reactive ketones (excluding diaryl/α,β-unsaturated/α-hetero) is 1. The molecule has 5 heteroatoms. The summed E-state index contributed by atoms with van der Waals surface area (Å²) in [5, 5.41) is 0. The fraction of sp³-hybridized carbons (Fsp3) is 0.917. The Kier molecular flexibility index (Phi) is 6.60. The largest absolute Gasteiger partial charge is 0.340 e. The molecular formula is C12H25O4P. The lowest BCUT2D eigenvalue weighted by molar-refractivity contribution is -0.120. The van der Waals surface area contributed by atoms with E-state index in [0.717, 1.165) is 0 Å². The maximum Gasteiger partial charge on any atom is 0.340 e. The first kappa shape index (κ1) is 16.8. The first-order valence-corrected chi connectivity index (χ1v) is 7.69. The van der Waals surface area contributed by atoms with E-state index in [1.165, 1.54) is 0 Å². The second-order valence-electron chi connectivity index (χ2n) is 5.26. The van der Waals surface area contributed by atoms with Crippen LogP contribution in [0.15, 0.2) is 0 Å². The molecule has 0 saturated carbocycles. The lowest BCUT2D eigenvalue weighted by Gasteiger charge is -2.25. The van der Waals surface area contributed by atoms with E-state index in [0.29, 0.717) is 6.42 Å². The first-order chi connectivity index (χ1) is 7.66. The van der Waals surface area contributed by atoms with Crippen molar-refractivity contribution >= 4 is 13.4 Å². The molecule has 0 heterocycles. The Labute approximate surface area is 105 Å². The van der Waals surface area contributed by atoms with Crippen LogP contribution in [-0.4, -0.2) is 24.7 Å². The van der Waals surface area contributed by atoms with Crippen molar-refractivity contribution < 1.29 is 18.4 Å². The van der Waals surface area contributed by atoms with Crippen LogP contribution in [0.2, 0.25) is 0 Å². The van der Waals surface area contributed by atoms with Gasteiger partial charge in [-0.2, -0.15) is 0 Å². The number of carbonyl (C=O) groups is 1. The zero-order valence-corrected chi connectivity index (χ0v) is 12.7. The Morgan fingerprint density at radius 2 is 1.59 bits per heavy atom. The number of hydrogen-bond donors (Lipinski definition) is 0. The quantitative estimate of drug-likeness (QED) is 0.659. The van der Waals surface area contributed by atoms with Gasteiger partial charge in [-0.15, -0.1) is 0 Å². The minimum absolute atomic E-state index is 0.0669. The van der Waals surface area contributed by atoms with Crippen molar-refractivity contribution in [1.29, 1.82) is 0 Å². The topological polar surface area (TPSA) is 52.6 Å². The molecule has 0 fully saturated rings. The van der Waals surface area contributed by atoms with E-state index in [2.05, 4.69) is 0 Å². The summed E-state index contributed by atoms with van der Waals surface area (Å²) in [5.74, 6) is -0.0669. The van der Waals surface area contributed by atoms with Crippen LogP contribution in [0, 0.1) is 5.41 Å². The molecule has 0 bridgehead atoms. The molecule has 0 radical (unpaired) electrons. The van der Waals surface area contributed by atoms with Crippen LogP contribution in [0.4, 0.5) is 0 Å². The van der Waals surface area contributed by atoms with Gasteiger partial charge in [0.25, 0.3) is 0 Å². The van der Waals surface area contributed by atoms with Gasteiger partial charge in [-0.25, -0.2) is 0 Å². The Morgan fingerprint density at radius 1 is 1.18 bits per heavy atom. The van der Waals surface area contributed by atoms with Crippen molar-refractivity contribution in [2.75, 3.05) is 13.2 Å². The highest BCUT2D eigenvalue weighted by Gasteiger charge is 2.38. The molecule has 0 rings (SSSR count). The van der Waals surface area contributed by atoms with Crippen molar-refractivity contribution in [3.63, 3.8) is 0 Å². The minimum Gasteiger partial charge on any atom is -0.308 e. The summed E-state index contributed by atoms with van der Waals surface area (Å²) in [4.78, 5) is 12.0. The predicted octanol–water partition coefficient (Wildman–Crippen LogP) is 3.65. The lowest BCUT2D eigenvalue weighted by atomic mass is 9.89. The van der Waals surface area contributed by atoms with Crippen LogP contribution in [0.3, 0.4) is 0 Å². The third kappa shape index (κ3) is 5.80. The fourth-order valence-corrected chi connectivity index (χ4v) is 3.15. The van der Waals surface area contributed by atoms with Crippen LogP contribution < -0.4 is 0 Å². The lowest BCUT2D eigenvalue weighted by Crippen LogP contribution is -2.24. The van der Waals surface area contributed by atoms with Gasteiger partial charge in [-0.1, -0.05) is 20.8 Å². The van der Waals surface area contributed by atoms with Gasteiger partial charge in [0, 0.05) is 6.42 Å². The molecule has 1 unspecified atom stereocenters. The Balaban J connectivity index is 4.78. The molecule has 0 aliphatic carbocycles. The van der Waals surface area contributed by atoms with Crippen molar-refractivity contribution in [2.24, 2.45) is 5.41 Å². The van der Waals surface area contributed by atoms with Gasteiger partial charge in [-0.3, -0.25) is 9.36 Å². The highest BCUT2D eigenvalue weighted by Crippen LogP contribution is 2.53. The summed E-state index contributed by atoms with van der Waals surface area (Å²) >= 11 is 0. The Bertz CT molecular complexity index is 283. The van der Waals surface area contributed by atoms with Gasteiger partial charge in [-0.05, 0) is 26.2 Å². The summed E-state index contributed by atoms with van der Waals surface area (Å²) in [6, 6.07) is 0. The normalized spacial score (nSPS) is 14.7. The van der Waals surface area contributed by atoms with E-state index in [1.54, 1.807) is 20.8 Å². The van der Waals surface area contributed by atoms with E-state index in [-0.39, 0.29) is 24.4 Å². The van der Waals surface area contributed by atoms with Gasteiger partial charge in [0.2, 0.25) is 0 Å². The Morgan fingerprint density at radius 3 is 1.88 bits per heavy atom. The number of hydrogen-bond acceptors (Lipinski definition) is 4. The molecule has 0 aliphatic heterocycles. The van der Waals surface area contributed by atoms with Crippen LogP contribution in [0.5, 0.6) is 0 Å². The van der Waals surface area contributed by atoms with Crippen LogP contribution in [-0.2, 0) is 18.4 Å². The van der Waals surface area contributed by atoms with E-state index < -0.39 is 13.3 Å². The molecule has 102 valence electrons. The van der Waals surface area contributed by atoms with Crippen molar-refractivity contribution in [2.45, 2.75) is 53.6 Å². The number of carbonyl (C=O) groups excluding carboxylic acids is 1. The van der Waals surface area contributed by atoms with Crippen molar-refractivity contribution in [3.05, 3.63) is 0 Å². The minimum atomic E-state index is -3.30. The molecule has 0 aliphatic rings. The van der Waals surface area contributed by atoms with E-state index in [4.69, 9.17) is 9.05 Å². The summed E-state index contributed by atoms with van der Waals surface area (Å²) in [6.45, 7) is 11.6. The van der Waals surface area contributed by atoms with Gasteiger partial charge >= 0.3 is 7.60 Å². The van der Waals surface area contributed by atoms with Gasteiger partial charge in [0.05, 0.1) is 13.2 Å². The highest BCUT2D eigenvalue weighted by atomic mass is 31.2. The molecule has 0 aromatic carbocycles. The average molecular weight is 264 g/mol. The standard InChI is InChI=1S/C12H25O4P/c1-7-15-17(14,16-8-2)10(3)11(13)9-12(4,5)6/h10H,7-9H2,1-6H3. The molecule has 17 heavy (non-hydrogen) atoms. The summed E-state index contributed by atoms with van der Waals surface area (Å²) < 4.78 is 22.7. The molecule has 0 amide bonds. The molecular weight excluding hydrogens is 239 g/mol. The van der Waals surface area contributed by atoms with E-state index in [1.807, 2.05) is 20.8 Å². The summed E-state index contributed by atoms with van der Waals surface area (Å²) in [7, 11) is -3.30.